The minimum atomic E-state index is 0.122. The molecular weight excluding hydrogens is 413 g/mol. The Morgan fingerprint density at radius 1 is 0.964 bits per heavy atom. The number of methoxy groups -OCH3 is 1. The third-order valence-electron chi connectivity index (χ3n) is 4.65. The van der Waals surface area contributed by atoms with E-state index in [2.05, 4.69) is 54.0 Å². The van der Waals surface area contributed by atoms with Crippen LogP contribution in [-0.2, 0) is 0 Å². The maximum atomic E-state index is 5.26. The third kappa shape index (κ3) is 4.22. The molecule has 0 bridgehead atoms. The monoisotopic (exact) mass is 437 g/mol. The van der Waals surface area contributed by atoms with Gasteiger partial charge in [0.2, 0.25) is 0 Å². The van der Waals surface area contributed by atoms with Crippen LogP contribution in [0.5, 0.6) is 5.75 Å². The Balaban J connectivity index is 1.61. The van der Waals surface area contributed by atoms with E-state index < -0.39 is 0 Å². The van der Waals surface area contributed by atoms with Gasteiger partial charge in [0, 0.05) is 0 Å². The van der Waals surface area contributed by atoms with Crippen LogP contribution in [0.25, 0.3) is 0 Å². The number of nitrogens with zero attached hydrogens (tertiary/aromatic N) is 1. The van der Waals surface area contributed by atoms with Crippen LogP contribution in [0.1, 0.15) is 6.92 Å². The molecule has 142 valence electrons. The summed E-state index contributed by atoms with van der Waals surface area (Å²) in [6, 6.07) is 27.0. The summed E-state index contributed by atoms with van der Waals surface area (Å²) in [5.74, 6) is 1.80. The molecule has 4 nitrogen and oxygen atoms in total. The molecule has 4 rings (SSSR count). The fourth-order valence-corrected chi connectivity index (χ4v) is 5.44. The van der Waals surface area contributed by atoms with Crippen LogP contribution < -0.4 is 19.8 Å². The average molecular weight is 436 g/mol. The van der Waals surface area contributed by atoms with Crippen molar-refractivity contribution in [3.05, 3.63) is 78.9 Å². The summed E-state index contributed by atoms with van der Waals surface area (Å²) in [5, 5.41) is 7.24. The van der Waals surface area contributed by atoms with E-state index in [0.29, 0.717) is 19.8 Å². The molecule has 1 aliphatic rings. The number of rotatable bonds is 5. The molecule has 0 amide bonds. The van der Waals surface area contributed by atoms with Crippen LogP contribution in [-0.4, -0.2) is 33.9 Å². The number of ether oxygens (including phenoxy) is 1. The molecule has 0 spiro atoms. The number of benzene rings is 3. The summed E-state index contributed by atoms with van der Waals surface area (Å²) < 4.78 is 6.66. The molecule has 0 saturated carbocycles. The second kappa shape index (κ2) is 8.51. The molecule has 0 saturated heterocycles. The summed E-state index contributed by atoms with van der Waals surface area (Å²) in [5.41, 5.74) is 3.06. The molecule has 0 aliphatic carbocycles. The SMILES string of the molecule is COc1ccc(NC2=Nc3ccccc3NC2C(C)[Se]c2ccccc2)cc1. The van der Waals surface area contributed by atoms with Crippen molar-refractivity contribution in [3.8, 4) is 5.75 Å². The first kappa shape index (κ1) is 18.6. The number of anilines is 2. The third-order valence-corrected chi connectivity index (χ3v) is 7.14. The molecule has 2 unspecified atom stereocenters. The van der Waals surface area contributed by atoms with Crippen molar-refractivity contribution in [2.75, 3.05) is 17.7 Å². The summed E-state index contributed by atoms with van der Waals surface area (Å²) >= 11 is 0.327. The summed E-state index contributed by atoms with van der Waals surface area (Å²) in [7, 11) is 1.68. The van der Waals surface area contributed by atoms with Crippen molar-refractivity contribution in [1.29, 1.82) is 0 Å². The fraction of sp³-hybridized carbons (Fsp3) is 0.174. The summed E-state index contributed by atoms with van der Waals surface area (Å²) in [4.78, 5) is 5.37. The predicted molar refractivity (Wildman–Crippen MR) is 119 cm³/mol. The molecule has 5 heteroatoms. The van der Waals surface area contributed by atoms with Crippen LogP contribution in [0.3, 0.4) is 0 Å². The van der Waals surface area contributed by atoms with Gasteiger partial charge < -0.3 is 0 Å². The standard InChI is InChI=1S/C23H23N3OSe/c1-16(28-19-8-4-3-5-9-19)22-23(24-17-12-14-18(27-2)15-13-17)26-21-11-7-6-10-20(21)25-22/h3-16,22,25H,1-2H3,(H,24,26). The fourth-order valence-electron chi connectivity index (χ4n) is 3.18. The Hall–Kier alpha value is -2.75. The van der Waals surface area contributed by atoms with E-state index in [1.807, 2.05) is 42.5 Å². The zero-order valence-corrected chi connectivity index (χ0v) is 17.6. The Morgan fingerprint density at radius 2 is 1.68 bits per heavy atom. The van der Waals surface area contributed by atoms with Gasteiger partial charge in [0.15, 0.2) is 0 Å². The van der Waals surface area contributed by atoms with Crippen molar-refractivity contribution in [1.82, 2.24) is 0 Å². The summed E-state index contributed by atoms with van der Waals surface area (Å²) in [6.07, 6.45) is 0. The van der Waals surface area contributed by atoms with Crippen molar-refractivity contribution >= 4 is 42.3 Å². The average Bonchev–Trinajstić information content (AvgIpc) is 2.74. The van der Waals surface area contributed by atoms with Gasteiger partial charge in [-0.25, -0.2) is 0 Å². The zero-order valence-electron chi connectivity index (χ0n) is 15.9. The molecular formula is C23H23N3OSe. The van der Waals surface area contributed by atoms with Crippen LogP contribution in [0, 0.1) is 0 Å². The van der Waals surface area contributed by atoms with E-state index in [1.54, 1.807) is 7.11 Å². The molecule has 3 aromatic carbocycles. The maximum absolute atomic E-state index is 5.26. The van der Waals surface area contributed by atoms with Gasteiger partial charge in [-0.1, -0.05) is 0 Å². The van der Waals surface area contributed by atoms with Crippen molar-refractivity contribution in [2.24, 2.45) is 4.99 Å². The Kier molecular flexibility index (Phi) is 5.65. The van der Waals surface area contributed by atoms with Crippen molar-refractivity contribution in [3.63, 3.8) is 0 Å². The van der Waals surface area contributed by atoms with Gasteiger partial charge in [-0.05, 0) is 0 Å². The number of amidine groups is 1. The number of nitrogens with one attached hydrogen (secondary N) is 2. The van der Waals surface area contributed by atoms with Gasteiger partial charge in [-0.2, -0.15) is 0 Å². The van der Waals surface area contributed by atoms with E-state index in [1.165, 1.54) is 4.46 Å². The van der Waals surface area contributed by atoms with E-state index in [-0.39, 0.29) is 6.04 Å². The van der Waals surface area contributed by atoms with Gasteiger partial charge >= 0.3 is 172 Å². The van der Waals surface area contributed by atoms with E-state index in [4.69, 9.17) is 9.73 Å². The zero-order chi connectivity index (χ0) is 19.3. The molecule has 0 aromatic heterocycles. The number of para-hydroxylation sites is 2. The number of aliphatic imine (C=N–C) groups is 1. The van der Waals surface area contributed by atoms with Gasteiger partial charge in [-0.3, -0.25) is 0 Å². The van der Waals surface area contributed by atoms with Crippen LogP contribution in [0.15, 0.2) is 83.9 Å². The quantitative estimate of drug-likeness (QED) is 0.581. The van der Waals surface area contributed by atoms with E-state index >= 15 is 0 Å². The summed E-state index contributed by atoms with van der Waals surface area (Å²) in [6.45, 7) is 2.30. The van der Waals surface area contributed by atoms with Crippen molar-refractivity contribution in [2.45, 2.75) is 17.8 Å². The predicted octanol–water partition coefficient (Wildman–Crippen LogP) is 4.47. The first-order valence-corrected chi connectivity index (χ1v) is 11.1. The topological polar surface area (TPSA) is 45.6 Å². The van der Waals surface area contributed by atoms with Gasteiger partial charge in [-0.15, -0.1) is 0 Å². The molecule has 2 atom stereocenters. The number of fused-ring (bicyclic) bond motifs is 1. The molecule has 28 heavy (non-hydrogen) atoms. The molecule has 3 aromatic rings. The van der Waals surface area contributed by atoms with Crippen LogP contribution in [0.4, 0.5) is 17.1 Å². The first-order chi connectivity index (χ1) is 13.7. The molecule has 1 aliphatic heterocycles. The van der Waals surface area contributed by atoms with Gasteiger partial charge in [0.1, 0.15) is 0 Å². The molecule has 2 N–H and O–H groups in total. The normalized spacial score (nSPS) is 16.4. The minimum absolute atomic E-state index is 0.122. The van der Waals surface area contributed by atoms with E-state index in [0.717, 1.165) is 28.6 Å². The molecule has 1 heterocycles. The first-order valence-electron chi connectivity index (χ1n) is 9.30. The molecule has 0 radical (unpaired) electrons. The Bertz CT molecular complexity index is 957. The van der Waals surface area contributed by atoms with Gasteiger partial charge in [0.25, 0.3) is 0 Å². The van der Waals surface area contributed by atoms with Crippen LogP contribution in [0.2, 0.25) is 4.82 Å². The van der Waals surface area contributed by atoms with E-state index in [9.17, 15) is 0 Å². The van der Waals surface area contributed by atoms with Crippen LogP contribution >= 0.6 is 0 Å². The Labute approximate surface area is 172 Å². The van der Waals surface area contributed by atoms with Crippen molar-refractivity contribution < 1.29 is 4.74 Å². The number of hydrogen-bond donors (Lipinski definition) is 2. The molecule has 0 fully saturated rings. The second-order valence-electron chi connectivity index (χ2n) is 6.63. The second-order valence-corrected chi connectivity index (χ2v) is 9.67. The van der Waals surface area contributed by atoms with Gasteiger partial charge in [0.05, 0.1) is 0 Å². The number of hydrogen-bond acceptors (Lipinski definition) is 4. The Morgan fingerprint density at radius 3 is 2.43 bits per heavy atom.